The second-order valence-electron chi connectivity index (χ2n) is 5.86. The lowest BCUT2D eigenvalue weighted by Crippen LogP contribution is -2.46. The molecule has 1 N–H and O–H groups in total. The van der Waals surface area contributed by atoms with Crippen molar-refractivity contribution in [1.82, 2.24) is 5.32 Å². The number of hydrogen-bond donors (Lipinski definition) is 1. The number of rotatable bonds is 7. The van der Waals surface area contributed by atoms with Gasteiger partial charge < -0.3 is 4.74 Å². The van der Waals surface area contributed by atoms with E-state index in [1.807, 2.05) is 30.3 Å². The molecule has 0 aromatic heterocycles. The van der Waals surface area contributed by atoms with Gasteiger partial charge in [-0.3, -0.25) is 5.32 Å². The summed E-state index contributed by atoms with van der Waals surface area (Å²) in [4.78, 5) is 0. The highest BCUT2D eigenvalue weighted by Crippen LogP contribution is 2.27. The normalized spacial score (nSPS) is 18.3. The summed E-state index contributed by atoms with van der Waals surface area (Å²) in [5.74, 6) is 0. The largest absolute Gasteiger partial charge is 0.378 e. The van der Waals surface area contributed by atoms with Crippen LogP contribution in [0.1, 0.15) is 45.1 Å². The average Bonchev–Trinajstić information content (AvgIpc) is 2.41. The average molecular weight is 272 g/mol. The van der Waals surface area contributed by atoms with Gasteiger partial charge in [-0.05, 0) is 38.7 Å². The first-order valence-electron chi connectivity index (χ1n) is 7.52. The molecule has 1 aromatic rings. The van der Waals surface area contributed by atoms with Crippen LogP contribution in [0.5, 0.6) is 0 Å². The van der Waals surface area contributed by atoms with E-state index in [4.69, 9.17) is 4.74 Å². The van der Waals surface area contributed by atoms with Crippen molar-refractivity contribution in [3.8, 4) is 6.07 Å². The molecule has 0 saturated heterocycles. The molecule has 1 unspecified atom stereocenters. The van der Waals surface area contributed by atoms with Gasteiger partial charge in [0.05, 0.1) is 18.8 Å². The number of hydrogen-bond acceptors (Lipinski definition) is 3. The van der Waals surface area contributed by atoms with Crippen molar-refractivity contribution in [3.63, 3.8) is 0 Å². The summed E-state index contributed by atoms with van der Waals surface area (Å²) in [6.07, 6.45) is 4.71. The quantitative estimate of drug-likeness (QED) is 0.827. The van der Waals surface area contributed by atoms with Crippen molar-refractivity contribution in [2.75, 3.05) is 6.61 Å². The van der Waals surface area contributed by atoms with Gasteiger partial charge in [0, 0.05) is 12.5 Å². The molecular formula is C17H24N2O. The van der Waals surface area contributed by atoms with Crippen molar-refractivity contribution < 1.29 is 4.74 Å². The van der Waals surface area contributed by atoms with E-state index < -0.39 is 5.54 Å². The zero-order valence-corrected chi connectivity index (χ0v) is 12.4. The predicted molar refractivity (Wildman–Crippen MR) is 80.2 cm³/mol. The molecule has 0 amide bonds. The minimum Gasteiger partial charge on any atom is -0.378 e. The molecule has 3 heteroatoms. The van der Waals surface area contributed by atoms with E-state index >= 15 is 0 Å². The highest BCUT2D eigenvalue weighted by molar-refractivity contribution is 5.31. The van der Waals surface area contributed by atoms with Crippen LogP contribution in [0.25, 0.3) is 0 Å². The second-order valence-corrected chi connectivity index (χ2v) is 5.86. The minimum atomic E-state index is -0.654. The van der Waals surface area contributed by atoms with E-state index in [2.05, 4.69) is 25.2 Å². The molecule has 1 atom stereocenters. The van der Waals surface area contributed by atoms with Crippen molar-refractivity contribution in [3.05, 3.63) is 35.9 Å². The number of nitrogens with zero attached hydrogens (tertiary/aromatic N) is 1. The lowest BCUT2D eigenvalue weighted by atomic mass is 9.87. The van der Waals surface area contributed by atoms with Crippen molar-refractivity contribution in [2.24, 2.45) is 0 Å². The Hall–Kier alpha value is -1.37. The molecule has 0 spiro atoms. The molecule has 1 aliphatic carbocycles. The van der Waals surface area contributed by atoms with Crippen LogP contribution in [0.2, 0.25) is 0 Å². The Bertz CT molecular complexity index is 448. The lowest BCUT2D eigenvalue weighted by molar-refractivity contribution is -0.00544. The van der Waals surface area contributed by atoms with E-state index in [0.29, 0.717) is 19.1 Å². The van der Waals surface area contributed by atoms with Crippen LogP contribution in [0.15, 0.2) is 30.3 Å². The van der Waals surface area contributed by atoms with Gasteiger partial charge in [-0.2, -0.15) is 5.26 Å². The summed E-state index contributed by atoms with van der Waals surface area (Å²) in [6, 6.07) is 12.7. The molecule has 20 heavy (non-hydrogen) atoms. The van der Waals surface area contributed by atoms with Gasteiger partial charge in [-0.1, -0.05) is 30.3 Å². The Morgan fingerprint density at radius 3 is 2.55 bits per heavy atom. The zero-order valence-electron chi connectivity index (χ0n) is 12.4. The van der Waals surface area contributed by atoms with Gasteiger partial charge in [0.15, 0.2) is 0 Å². The van der Waals surface area contributed by atoms with Crippen LogP contribution >= 0.6 is 0 Å². The number of nitrogens with one attached hydrogen (secondary N) is 1. The van der Waals surface area contributed by atoms with Crippen LogP contribution in [-0.2, 0) is 10.3 Å². The van der Waals surface area contributed by atoms with Crippen molar-refractivity contribution in [2.45, 2.75) is 57.2 Å². The highest BCUT2D eigenvalue weighted by Gasteiger charge is 2.33. The Kier molecular flexibility index (Phi) is 5.17. The molecule has 0 aliphatic heterocycles. The number of nitriles is 1. The first kappa shape index (κ1) is 15.0. The highest BCUT2D eigenvalue weighted by atomic mass is 16.5. The maximum atomic E-state index is 9.75. The second kappa shape index (κ2) is 6.88. The summed E-state index contributed by atoms with van der Waals surface area (Å²) in [5.41, 5.74) is 0.368. The molecule has 0 heterocycles. The van der Waals surface area contributed by atoms with Crippen LogP contribution in [0.4, 0.5) is 0 Å². The van der Waals surface area contributed by atoms with Gasteiger partial charge in [0.1, 0.15) is 5.54 Å². The van der Waals surface area contributed by atoms with Gasteiger partial charge in [0.2, 0.25) is 0 Å². The smallest absolute Gasteiger partial charge is 0.134 e. The third-order valence-corrected chi connectivity index (χ3v) is 3.88. The van der Waals surface area contributed by atoms with Gasteiger partial charge in [-0.25, -0.2) is 0 Å². The maximum absolute atomic E-state index is 9.75. The minimum absolute atomic E-state index is 0.249. The first-order valence-corrected chi connectivity index (χ1v) is 7.52. The molecule has 1 aromatic carbocycles. The standard InChI is InChI=1S/C17H24N2O/c1-14(2)19-17(13-18,15-7-4-3-5-8-15)11-12-20-16-9-6-10-16/h3-5,7-8,14,16,19H,6,9-12H2,1-2H3. The number of ether oxygens (including phenoxy) is 1. The molecule has 0 bridgehead atoms. The maximum Gasteiger partial charge on any atom is 0.134 e. The zero-order chi connectivity index (χ0) is 14.4. The van der Waals surface area contributed by atoms with Crippen molar-refractivity contribution >= 4 is 0 Å². The summed E-state index contributed by atoms with van der Waals surface area (Å²) >= 11 is 0. The molecule has 1 saturated carbocycles. The Balaban J connectivity index is 2.07. The van der Waals surface area contributed by atoms with Crippen LogP contribution in [0, 0.1) is 11.3 Å². The molecule has 0 radical (unpaired) electrons. The molecule has 2 rings (SSSR count). The molecule has 1 fully saturated rings. The summed E-state index contributed by atoms with van der Waals surface area (Å²) in [6.45, 7) is 4.77. The Morgan fingerprint density at radius 1 is 1.35 bits per heavy atom. The third kappa shape index (κ3) is 3.59. The monoisotopic (exact) mass is 272 g/mol. The van der Waals surface area contributed by atoms with Gasteiger partial charge in [-0.15, -0.1) is 0 Å². The van der Waals surface area contributed by atoms with Crippen LogP contribution in [-0.4, -0.2) is 18.8 Å². The summed E-state index contributed by atoms with van der Waals surface area (Å²) in [7, 11) is 0. The molecule has 108 valence electrons. The van der Waals surface area contributed by atoms with Crippen LogP contribution < -0.4 is 5.32 Å². The van der Waals surface area contributed by atoms with E-state index in [9.17, 15) is 5.26 Å². The van der Waals surface area contributed by atoms with Crippen molar-refractivity contribution in [1.29, 1.82) is 5.26 Å². The van der Waals surface area contributed by atoms with E-state index in [1.165, 1.54) is 19.3 Å². The Morgan fingerprint density at radius 2 is 2.05 bits per heavy atom. The van der Waals surface area contributed by atoms with E-state index in [0.717, 1.165) is 5.56 Å². The van der Waals surface area contributed by atoms with Crippen LogP contribution in [0.3, 0.4) is 0 Å². The van der Waals surface area contributed by atoms with Gasteiger partial charge >= 0.3 is 0 Å². The fraction of sp³-hybridized carbons (Fsp3) is 0.588. The molecular weight excluding hydrogens is 248 g/mol. The fourth-order valence-electron chi connectivity index (χ4n) is 2.58. The fourth-order valence-corrected chi connectivity index (χ4v) is 2.58. The SMILES string of the molecule is CC(C)NC(C#N)(CCOC1CCC1)c1ccccc1. The molecule has 1 aliphatic rings. The molecule has 3 nitrogen and oxygen atoms in total. The number of benzene rings is 1. The first-order chi connectivity index (χ1) is 9.66. The topological polar surface area (TPSA) is 45.0 Å². The van der Waals surface area contributed by atoms with Gasteiger partial charge in [0.25, 0.3) is 0 Å². The third-order valence-electron chi connectivity index (χ3n) is 3.88. The lowest BCUT2D eigenvalue weighted by Gasteiger charge is -2.32. The summed E-state index contributed by atoms with van der Waals surface area (Å²) < 4.78 is 5.85. The Labute approximate surface area is 121 Å². The predicted octanol–water partition coefficient (Wildman–Crippen LogP) is 3.36. The van der Waals surface area contributed by atoms with E-state index in [1.54, 1.807) is 0 Å². The summed E-state index contributed by atoms with van der Waals surface area (Å²) in [5, 5.41) is 13.2. The van der Waals surface area contributed by atoms with E-state index in [-0.39, 0.29) is 6.04 Å².